The van der Waals surface area contributed by atoms with Crippen LogP contribution in [0.5, 0.6) is 0 Å². The largest absolute Gasteiger partial charge is 0.353 e. The predicted octanol–water partition coefficient (Wildman–Crippen LogP) is 3.33. The molecule has 112 valence electrons. The monoisotopic (exact) mass is 311 g/mol. The molecule has 0 bridgehead atoms. The van der Waals surface area contributed by atoms with Gasteiger partial charge >= 0.3 is 0 Å². The van der Waals surface area contributed by atoms with Crippen molar-refractivity contribution in [3.63, 3.8) is 0 Å². The molecule has 1 atom stereocenters. The van der Waals surface area contributed by atoms with Gasteiger partial charge in [0.25, 0.3) is 5.91 Å². The van der Waals surface area contributed by atoms with E-state index in [1.807, 2.05) is 60.9 Å². The maximum Gasteiger partial charge on any atom is 0.274 e. The first-order chi connectivity index (χ1) is 10.6. The quantitative estimate of drug-likeness (QED) is 0.914. The van der Waals surface area contributed by atoms with Gasteiger partial charge in [0, 0.05) is 11.3 Å². The van der Waals surface area contributed by atoms with Crippen LogP contribution in [0.3, 0.4) is 0 Å². The SMILES string of the molecule is CSC1=NC(C)(Nc2ccccc2-c2ccccc2)C(=O)N1. The molecule has 1 aliphatic rings. The molecule has 1 heterocycles. The first-order valence-electron chi connectivity index (χ1n) is 7.00. The highest BCUT2D eigenvalue weighted by Gasteiger charge is 2.39. The lowest BCUT2D eigenvalue weighted by molar-refractivity contribution is -0.122. The summed E-state index contributed by atoms with van der Waals surface area (Å²) in [5, 5.41) is 6.71. The Labute approximate surface area is 134 Å². The van der Waals surface area contributed by atoms with Crippen molar-refractivity contribution in [3.8, 4) is 11.1 Å². The molecule has 0 spiro atoms. The summed E-state index contributed by atoms with van der Waals surface area (Å²) in [5.41, 5.74) is 2.05. The third kappa shape index (κ3) is 2.72. The fourth-order valence-electron chi connectivity index (χ4n) is 2.41. The molecule has 0 saturated heterocycles. The zero-order chi connectivity index (χ0) is 15.6. The third-order valence-electron chi connectivity index (χ3n) is 3.57. The van der Waals surface area contributed by atoms with Crippen LogP contribution in [0.15, 0.2) is 59.6 Å². The molecule has 0 saturated carbocycles. The average molecular weight is 311 g/mol. The summed E-state index contributed by atoms with van der Waals surface area (Å²) in [5.74, 6) is -0.139. The van der Waals surface area contributed by atoms with Crippen LogP contribution in [-0.2, 0) is 4.79 Å². The molecule has 1 aliphatic heterocycles. The van der Waals surface area contributed by atoms with Gasteiger partial charge < -0.3 is 10.6 Å². The summed E-state index contributed by atoms with van der Waals surface area (Å²) in [7, 11) is 0. The van der Waals surface area contributed by atoms with Crippen LogP contribution in [0.25, 0.3) is 11.1 Å². The van der Waals surface area contributed by atoms with Crippen molar-refractivity contribution in [1.82, 2.24) is 5.32 Å². The van der Waals surface area contributed by atoms with Gasteiger partial charge in [-0.1, -0.05) is 60.3 Å². The highest BCUT2D eigenvalue weighted by Crippen LogP contribution is 2.31. The smallest absolute Gasteiger partial charge is 0.274 e. The van der Waals surface area contributed by atoms with Gasteiger partial charge in [0.2, 0.25) is 5.66 Å². The zero-order valence-electron chi connectivity index (χ0n) is 12.5. The molecule has 2 aromatic carbocycles. The number of para-hydroxylation sites is 1. The van der Waals surface area contributed by atoms with Crippen LogP contribution in [-0.4, -0.2) is 23.0 Å². The number of amides is 1. The van der Waals surface area contributed by atoms with Gasteiger partial charge in [0.1, 0.15) is 0 Å². The minimum Gasteiger partial charge on any atom is -0.353 e. The molecule has 0 aliphatic carbocycles. The molecule has 4 nitrogen and oxygen atoms in total. The number of benzene rings is 2. The van der Waals surface area contributed by atoms with E-state index in [0.717, 1.165) is 16.8 Å². The van der Waals surface area contributed by atoms with Gasteiger partial charge in [-0.15, -0.1) is 0 Å². The van der Waals surface area contributed by atoms with Crippen LogP contribution in [0.4, 0.5) is 5.69 Å². The maximum absolute atomic E-state index is 12.2. The van der Waals surface area contributed by atoms with E-state index in [0.29, 0.717) is 5.17 Å². The van der Waals surface area contributed by atoms with Gasteiger partial charge in [-0.25, -0.2) is 4.99 Å². The van der Waals surface area contributed by atoms with E-state index in [1.54, 1.807) is 6.92 Å². The molecular formula is C17H17N3OS. The lowest BCUT2D eigenvalue weighted by Crippen LogP contribution is -2.43. The molecule has 2 N–H and O–H groups in total. The number of carbonyl (C=O) groups excluding carboxylic acids is 1. The van der Waals surface area contributed by atoms with E-state index in [2.05, 4.69) is 15.6 Å². The summed E-state index contributed by atoms with van der Waals surface area (Å²) >= 11 is 1.43. The molecule has 3 rings (SSSR count). The van der Waals surface area contributed by atoms with Gasteiger partial charge in [0.15, 0.2) is 5.17 Å². The number of carbonyl (C=O) groups is 1. The Hall–Kier alpha value is -2.27. The Morgan fingerprint density at radius 3 is 2.45 bits per heavy atom. The zero-order valence-corrected chi connectivity index (χ0v) is 13.3. The lowest BCUT2D eigenvalue weighted by atomic mass is 10.0. The van der Waals surface area contributed by atoms with Gasteiger partial charge in [-0.2, -0.15) is 0 Å². The molecule has 1 amide bonds. The Kier molecular flexibility index (Phi) is 3.90. The summed E-state index contributed by atoms with van der Waals surface area (Å²) in [6, 6.07) is 18.0. The molecule has 0 fully saturated rings. The summed E-state index contributed by atoms with van der Waals surface area (Å²) in [4.78, 5) is 16.7. The Bertz CT molecular complexity index is 730. The number of anilines is 1. The second-order valence-electron chi connectivity index (χ2n) is 5.18. The molecule has 1 unspecified atom stereocenters. The van der Waals surface area contributed by atoms with Gasteiger partial charge in [0.05, 0.1) is 0 Å². The molecule has 0 radical (unpaired) electrons. The van der Waals surface area contributed by atoms with Gasteiger partial charge in [-0.3, -0.25) is 4.79 Å². The standard InChI is InChI=1S/C17H17N3OS/c1-17(15(21)18-16(20-17)22-2)19-14-11-7-6-10-13(14)12-8-4-3-5-9-12/h3-11,19H,1-2H3,(H,18,20,21). The number of aliphatic imine (C=N–C) groups is 1. The number of hydrogen-bond donors (Lipinski definition) is 2. The third-order valence-corrected chi connectivity index (χ3v) is 4.15. The fourth-order valence-corrected chi connectivity index (χ4v) is 2.87. The molecule has 0 aromatic heterocycles. The predicted molar refractivity (Wildman–Crippen MR) is 93.0 cm³/mol. The second kappa shape index (κ2) is 5.85. The van der Waals surface area contributed by atoms with Crippen molar-refractivity contribution in [1.29, 1.82) is 0 Å². The lowest BCUT2D eigenvalue weighted by Gasteiger charge is -2.23. The van der Waals surface area contributed by atoms with E-state index in [1.165, 1.54) is 11.8 Å². The summed E-state index contributed by atoms with van der Waals surface area (Å²) in [6.07, 6.45) is 1.89. The normalized spacial score (nSPS) is 20.5. The highest BCUT2D eigenvalue weighted by molar-refractivity contribution is 8.13. The number of thioether (sulfide) groups is 1. The van der Waals surface area contributed by atoms with Crippen molar-refractivity contribution in [2.45, 2.75) is 12.6 Å². The van der Waals surface area contributed by atoms with E-state index < -0.39 is 5.66 Å². The van der Waals surface area contributed by atoms with Crippen LogP contribution in [0.1, 0.15) is 6.92 Å². The number of rotatable bonds is 3. The summed E-state index contributed by atoms with van der Waals surface area (Å²) in [6.45, 7) is 1.79. The van der Waals surface area contributed by atoms with Crippen molar-refractivity contribution in [2.24, 2.45) is 4.99 Å². The van der Waals surface area contributed by atoms with E-state index >= 15 is 0 Å². The minimum atomic E-state index is -0.983. The van der Waals surface area contributed by atoms with Crippen molar-refractivity contribution in [3.05, 3.63) is 54.6 Å². The van der Waals surface area contributed by atoms with Crippen LogP contribution in [0, 0.1) is 0 Å². The topological polar surface area (TPSA) is 53.5 Å². The van der Waals surface area contributed by atoms with Crippen LogP contribution in [0.2, 0.25) is 0 Å². The summed E-state index contributed by atoms with van der Waals surface area (Å²) < 4.78 is 0. The molecule has 22 heavy (non-hydrogen) atoms. The first kappa shape index (κ1) is 14.7. The Balaban J connectivity index is 1.97. The van der Waals surface area contributed by atoms with Crippen molar-refractivity contribution >= 4 is 28.5 Å². The average Bonchev–Trinajstić information content (AvgIpc) is 2.83. The van der Waals surface area contributed by atoms with E-state index in [9.17, 15) is 4.79 Å². The maximum atomic E-state index is 12.2. The Morgan fingerprint density at radius 2 is 1.77 bits per heavy atom. The van der Waals surface area contributed by atoms with Crippen LogP contribution >= 0.6 is 11.8 Å². The number of nitrogens with one attached hydrogen (secondary N) is 2. The van der Waals surface area contributed by atoms with E-state index in [-0.39, 0.29) is 5.91 Å². The molecule has 5 heteroatoms. The van der Waals surface area contributed by atoms with Crippen LogP contribution < -0.4 is 10.6 Å². The Morgan fingerprint density at radius 1 is 1.09 bits per heavy atom. The molecule has 2 aromatic rings. The highest BCUT2D eigenvalue weighted by atomic mass is 32.2. The number of amidine groups is 1. The molecular weight excluding hydrogens is 294 g/mol. The van der Waals surface area contributed by atoms with Gasteiger partial charge in [-0.05, 0) is 24.8 Å². The first-order valence-corrected chi connectivity index (χ1v) is 8.23. The van der Waals surface area contributed by atoms with Crippen molar-refractivity contribution < 1.29 is 4.79 Å². The fraction of sp³-hybridized carbons (Fsp3) is 0.176. The van der Waals surface area contributed by atoms with E-state index in [4.69, 9.17) is 0 Å². The second-order valence-corrected chi connectivity index (χ2v) is 5.98. The number of hydrogen-bond acceptors (Lipinski definition) is 4. The van der Waals surface area contributed by atoms with Crippen molar-refractivity contribution in [2.75, 3.05) is 11.6 Å². The number of nitrogens with zero attached hydrogens (tertiary/aromatic N) is 1. The minimum absolute atomic E-state index is 0.139.